The average molecular weight is 689 g/mol. The van der Waals surface area contributed by atoms with E-state index in [4.69, 9.17) is 4.74 Å². The lowest BCUT2D eigenvalue weighted by Gasteiger charge is -2.40. The van der Waals surface area contributed by atoms with Crippen molar-refractivity contribution in [3.8, 4) is 22.3 Å². The molecule has 4 aromatic carbocycles. The van der Waals surface area contributed by atoms with E-state index in [1.165, 1.54) is 18.2 Å². The fourth-order valence-corrected chi connectivity index (χ4v) is 6.65. The Morgan fingerprint density at radius 1 is 0.702 bits per heavy atom. The summed E-state index contributed by atoms with van der Waals surface area (Å²) in [7, 11) is -10.7. The second-order valence-corrected chi connectivity index (χ2v) is 13.9. The number of benzene rings is 4. The number of hydrogen-bond donors (Lipinski definition) is 0. The first-order chi connectivity index (χ1) is 21.8. The van der Waals surface area contributed by atoms with Crippen molar-refractivity contribution >= 4 is 16.3 Å². The van der Waals surface area contributed by atoms with E-state index in [1.807, 2.05) is 31.2 Å². The van der Waals surface area contributed by atoms with Crippen molar-refractivity contribution in [3.05, 3.63) is 119 Å². The van der Waals surface area contributed by atoms with E-state index in [-0.39, 0.29) is 23.6 Å². The van der Waals surface area contributed by atoms with Gasteiger partial charge in [0.25, 0.3) is 0 Å². The molecule has 0 atom stereocenters. The van der Waals surface area contributed by atoms with Gasteiger partial charge in [-0.2, -0.15) is 8.78 Å². The Balaban J connectivity index is 1.23. The molecule has 252 valence electrons. The van der Waals surface area contributed by atoms with E-state index in [0.717, 1.165) is 29.7 Å². The molecule has 12 heteroatoms. The largest absolute Gasteiger partial charge is 0.383 e. The summed E-state index contributed by atoms with van der Waals surface area (Å²) >= 11 is 0. The molecular formula is C35H30F10OS. The van der Waals surface area contributed by atoms with Crippen molar-refractivity contribution in [2.45, 2.75) is 62.1 Å². The van der Waals surface area contributed by atoms with Crippen LogP contribution < -0.4 is 0 Å². The third kappa shape index (κ3) is 8.03. The zero-order valence-electron chi connectivity index (χ0n) is 24.9. The van der Waals surface area contributed by atoms with Crippen LogP contribution in [0, 0.1) is 17.5 Å². The Hall–Kier alpha value is -3.77. The fourth-order valence-electron chi connectivity index (χ4n) is 5.79. The van der Waals surface area contributed by atoms with Gasteiger partial charge in [0.1, 0.15) is 17.5 Å². The van der Waals surface area contributed by atoms with Crippen molar-refractivity contribution in [3.63, 3.8) is 0 Å². The van der Waals surface area contributed by atoms with Gasteiger partial charge in [0.15, 0.2) is 4.90 Å². The number of alkyl halides is 2. The Labute approximate surface area is 265 Å². The quantitative estimate of drug-likeness (QED) is 0.159. The van der Waals surface area contributed by atoms with Gasteiger partial charge in [-0.3, -0.25) is 0 Å². The summed E-state index contributed by atoms with van der Waals surface area (Å²) in [4.78, 5) is -3.27. The Bertz CT molecular complexity index is 1750. The molecule has 4 aromatic rings. The van der Waals surface area contributed by atoms with Gasteiger partial charge in [-0.05, 0) is 96.2 Å². The molecule has 1 saturated carbocycles. The summed E-state index contributed by atoms with van der Waals surface area (Å²) < 4.78 is 143. The second-order valence-electron chi connectivity index (χ2n) is 11.6. The zero-order chi connectivity index (χ0) is 34.3. The lowest BCUT2D eigenvalue weighted by Crippen LogP contribution is -2.29. The summed E-state index contributed by atoms with van der Waals surface area (Å²) in [6.07, 6.45) is 2.66. The lowest BCUT2D eigenvalue weighted by molar-refractivity contribution is -0.277. The highest BCUT2D eigenvalue weighted by atomic mass is 32.5. The Morgan fingerprint density at radius 2 is 1.26 bits per heavy atom. The monoisotopic (exact) mass is 688 g/mol. The first kappa shape index (κ1) is 34.6. The third-order valence-electron chi connectivity index (χ3n) is 8.16. The van der Waals surface area contributed by atoms with Gasteiger partial charge in [0.2, 0.25) is 0 Å². The maximum atomic E-state index is 15.0. The molecule has 1 aliphatic rings. The van der Waals surface area contributed by atoms with Gasteiger partial charge < -0.3 is 4.74 Å². The standard InChI is InChI=1S/C35H30F10OS/c1-2-3-4-22-5-14-28(15-6-22)35(39,40)46-29-16-11-24(12-17-29)23-7-9-25(10-8-23)26-13-18-30(31(36)19-26)27-20-32(37)34(33(38)21-27)47(41,42,43,44)45/h3-10,13-15,18-21,24,29H,2,11-12,16-17H2,1H3/b4-3+. The smallest absolute Gasteiger partial charge is 0.313 e. The van der Waals surface area contributed by atoms with E-state index < -0.39 is 55.9 Å². The van der Waals surface area contributed by atoms with Crippen LogP contribution in [0.15, 0.2) is 89.8 Å². The van der Waals surface area contributed by atoms with E-state index in [1.54, 1.807) is 24.3 Å². The SMILES string of the molecule is CC/C=C/c1ccc(C(F)(F)OC2CCC(c3ccc(-c4ccc(-c5cc(F)c(S(F)(F)(F)(F)F)c(F)c5)c(F)c4)cc3)CC2)cc1. The molecule has 0 amide bonds. The van der Waals surface area contributed by atoms with Crippen LogP contribution in [0.5, 0.6) is 0 Å². The molecule has 0 heterocycles. The molecule has 0 N–H and O–H groups in total. The average Bonchev–Trinajstić information content (AvgIpc) is 2.98. The maximum Gasteiger partial charge on any atom is 0.383 e. The highest BCUT2D eigenvalue weighted by molar-refractivity contribution is 8.45. The fraction of sp³-hybridized carbons (Fsp3) is 0.257. The van der Waals surface area contributed by atoms with Crippen LogP contribution in [0.2, 0.25) is 0 Å². The highest BCUT2D eigenvalue weighted by Crippen LogP contribution is 3.02. The van der Waals surface area contributed by atoms with Crippen LogP contribution >= 0.6 is 10.2 Å². The van der Waals surface area contributed by atoms with Crippen LogP contribution in [-0.2, 0) is 10.8 Å². The van der Waals surface area contributed by atoms with E-state index in [2.05, 4.69) is 0 Å². The van der Waals surface area contributed by atoms with Crippen LogP contribution in [0.1, 0.15) is 61.6 Å². The van der Waals surface area contributed by atoms with Crippen molar-refractivity contribution in [2.75, 3.05) is 0 Å². The van der Waals surface area contributed by atoms with E-state index >= 15 is 0 Å². The van der Waals surface area contributed by atoms with E-state index in [9.17, 15) is 41.4 Å². The van der Waals surface area contributed by atoms with Gasteiger partial charge in [-0.15, -0.1) is 0 Å². The molecule has 0 spiro atoms. The minimum atomic E-state index is -10.7. The molecule has 1 aliphatic carbocycles. The number of halogens is 10. The number of ether oxygens (including phenoxy) is 1. The molecular weight excluding hydrogens is 658 g/mol. The molecule has 0 aliphatic heterocycles. The van der Waals surface area contributed by atoms with Crippen molar-refractivity contribution in [2.24, 2.45) is 0 Å². The molecule has 47 heavy (non-hydrogen) atoms. The van der Waals surface area contributed by atoms with Gasteiger partial charge in [0, 0.05) is 5.56 Å². The summed E-state index contributed by atoms with van der Waals surface area (Å²) in [5, 5.41) is 0. The summed E-state index contributed by atoms with van der Waals surface area (Å²) in [6.45, 7) is 1.98. The molecule has 0 unspecified atom stereocenters. The molecule has 1 nitrogen and oxygen atoms in total. The van der Waals surface area contributed by atoms with Gasteiger partial charge in [0.05, 0.1) is 11.7 Å². The molecule has 0 radical (unpaired) electrons. The first-order valence-corrected chi connectivity index (χ1v) is 16.8. The predicted molar refractivity (Wildman–Crippen MR) is 164 cm³/mol. The molecule has 0 saturated heterocycles. The highest BCUT2D eigenvalue weighted by Gasteiger charge is 2.69. The van der Waals surface area contributed by atoms with Crippen molar-refractivity contribution < 1.29 is 46.1 Å². The van der Waals surface area contributed by atoms with Crippen LogP contribution in [-0.4, -0.2) is 6.10 Å². The molecule has 1 fully saturated rings. The Kier molecular flexibility index (Phi) is 8.85. The second kappa shape index (κ2) is 12.0. The van der Waals surface area contributed by atoms with Crippen LogP contribution in [0.4, 0.5) is 41.4 Å². The van der Waals surface area contributed by atoms with Crippen molar-refractivity contribution in [1.82, 2.24) is 0 Å². The number of hydrogen-bond acceptors (Lipinski definition) is 1. The van der Waals surface area contributed by atoms with Crippen LogP contribution in [0.3, 0.4) is 0 Å². The number of allylic oxidation sites excluding steroid dienone is 1. The van der Waals surface area contributed by atoms with Crippen LogP contribution in [0.25, 0.3) is 28.3 Å². The first-order valence-electron chi connectivity index (χ1n) is 14.8. The minimum Gasteiger partial charge on any atom is -0.313 e. The third-order valence-corrected chi connectivity index (χ3v) is 9.32. The maximum absolute atomic E-state index is 15.0. The normalized spacial score (nSPS) is 19.0. The summed E-state index contributed by atoms with van der Waals surface area (Å²) in [6, 6.07) is 16.5. The summed E-state index contributed by atoms with van der Waals surface area (Å²) in [5.74, 6) is -6.04. The predicted octanol–water partition coefficient (Wildman–Crippen LogP) is 13.3. The van der Waals surface area contributed by atoms with Gasteiger partial charge in [-0.1, -0.05) is 87.0 Å². The van der Waals surface area contributed by atoms with E-state index in [0.29, 0.717) is 36.8 Å². The van der Waals surface area contributed by atoms with Gasteiger partial charge in [-0.25, -0.2) is 13.2 Å². The van der Waals surface area contributed by atoms with Crippen molar-refractivity contribution in [1.29, 1.82) is 0 Å². The van der Waals surface area contributed by atoms with Gasteiger partial charge >= 0.3 is 16.3 Å². The topological polar surface area (TPSA) is 9.23 Å². The summed E-state index contributed by atoms with van der Waals surface area (Å²) in [5.41, 5.74) is 1.29. The molecule has 0 bridgehead atoms. The Morgan fingerprint density at radius 3 is 1.79 bits per heavy atom. The minimum absolute atomic E-state index is 0.0214. The molecule has 0 aromatic heterocycles. The zero-order valence-corrected chi connectivity index (χ0v) is 25.8. The molecule has 5 rings (SSSR count). The number of rotatable bonds is 9. The lowest BCUT2D eigenvalue weighted by atomic mass is 9.82.